The van der Waals surface area contributed by atoms with Crippen molar-refractivity contribution < 1.29 is 4.21 Å². The fourth-order valence-electron chi connectivity index (χ4n) is 2.35. The lowest BCUT2D eigenvalue weighted by molar-refractivity contribution is 0.664. The first kappa shape index (κ1) is 12.8. The molecular weight excluding hydrogens is 230 g/mol. The third kappa shape index (κ3) is 2.96. The zero-order valence-electron chi connectivity index (χ0n) is 10.6. The zero-order chi connectivity index (χ0) is 12.4. The number of benzene rings is 1. The molecule has 3 heteroatoms. The molecule has 0 heterocycles. The predicted molar refractivity (Wildman–Crippen MR) is 72.6 cm³/mol. The van der Waals surface area contributed by atoms with Gasteiger partial charge in [-0.2, -0.15) is 0 Å². The molecule has 2 N–H and O–H groups in total. The summed E-state index contributed by atoms with van der Waals surface area (Å²) in [5.41, 5.74) is 7.17. The highest BCUT2D eigenvalue weighted by Crippen LogP contribution is 2.27. The van der Waals surface area contributed by atoms with Crippen LogP contribution in [0.5, 0.6) is 0 Å². The molecule has 0 aromatic heterocycles. The van der Waals surface area contributed by atoms with Gasteiger partial charge in [-0.1, -0.05) is 26.0 Å². The van der Waals surface area contributed by atoms with Gasteiger partial charge in [0.2, 0.25) is 0 Å². The summed E-state index contributed by atoms with van der Waals surface area (Å²) in [6.45, 7) is 4.34. The van der Waals surface area contributed by atoms with Crippen LogP contribution in [-0.2, 0) is 10.8 Å². The maximum Gasteiger partial charge on any atom is 0.0561 e. The van der Waals surface area contributed by atoms with Crippen LogP contribution in [-0.4, -0.2) is 15.5 Å². The Hall–Kier alpha value is -0.670. The fourth-order valence-corrected chi connectivity index (χ4v) is 3.91. The van der Waals surface area contributed by atoms with Crippen molar-refractivity contribution in [1.82, 2.24) is 0 Å². The third-order valence-corrected chi connectivity index (χ3v) is 5.28. The topological polar surface area (TPSA) is 43.1 Å². The van der Waals surface area contributed by atoms with Crippen molar-refractivity contribution in [3.63, 3.8) is 0 Å². The summed E-state index contributed by atoms with van der Waals surface area (Å²) in [6.07, 6.45) is 2.92. The minimum Gasteiger partial charge on any atom is -0.328 e. The molecule has 0 saturated heterocycles. The van der Waals surface area contributed by atoms with E-state index in [0.29, 0.717) is 5.92 Å². The van der Waals surface area contributed by atoms with Crippen molar-refractivity contribution in [1.29, 1.82) is 0 Å². The van der Waals surface area contributed by atoms with Gasteiger partial charge in [0.15, 0.2) is 0 Å². The molecule has 3 atom stereocenters. The summed E-state index contributed by atoms with van der Waals surface area (Å²) in [7, 11) is -0.881. The fraction of sp³-hybridized carbons (Fsp3) is 0.571. The summed E-state index contributed by atoms with van der Waals surface area (Å²) in [4.78, 5) is 0.952. The van der Waals surface area contributed by atoms with E-state index in [9.17, 15) is 4.21 Å². The second-order valence-electron chi connectivity index (χ2n) is 5.22. The van der Waals surface area contributed by atoms with Crippen molar-refractivity contribution in [3.05, 3.63) is 29.8 Å². The Kier molecular flexibility index (Phi) is 4.00. The molecule has 1 fully saturated rings. The van der Waals surface area contributed by atoms with Crippen molar-refractivity contribution in [2.75, 3.05) is 0 Å². The molecule has 0 amide bonds. The van der Waals surface area contributed by atoms with Crippen molar-refractivity contribution in [2.24, 2.45) is 5.73 Å². The van der Waals surface area contributed by atoms with Crippen LogP contribution in [0.25, 0.3) is 0 Å². The van der Waals surface area contributed by atoms with Gasteiger partial charge in [-0.15, -0.1) is 0 Å². The second-order valence-corrected chi connectivity index (χ2v) is 6.95. The van der Waals surface area contributed by atoms with E-state index in [2.05, 4.69) is 26.0 Å². The normalized spacial score (nSPS) is 26.4. The van der Waals surface area contributed by atoms with Crippen LogP contribution < -0.4 is 5.73 Å². The van der Waals surface area contributed by atoms with Gasteiger partial charge in [0.25, 0.3) is 0 Å². The number of hydrogen-bond acceptors (Lipinski definition) is 2. The lowest BCUT2D eigenvalue weighted by Crippen LogP contribution is -2.18. The maximum absolute atomic E-state index is 12.3. The van der Waals surface area contributed by atoms with Gasteiger partial charge < -0.3 is 5.73 Å². The lowest BCUT2D eigenvalue weighted by Gasteiger charge is -2.11. The van der Waals surface area contributed by atoms with Gasteiger partial charge in [0, 0.05) is 16.2 Å². The quantitative estimate of drug-likeness (QED) is 0.897. The highest BCUT2D eigenvalue weighted by atomic mass is 32.2. The Balaban J connectivity index is 2.09. The first-order valence-corrected chi connectivity index (χ1v) is 7.55. The van der Waals surface area contributed by atoms with Gasteiger partial charge >= 0.3 is 0 Å². The first-order valence-electron chi connectivity index (χ1n) is 6.34. The summed E-state index contributed by atoms with van der Waals surface area (Å²) >= 11 is 0. The maximum atomic E-state index is 12.3. The van der Waals surface area contributed by atoms with E-state index in [-0.39, 0.29) is 11.3 Å². The molecule has 1 aromatic carbocycles. The summed E-state index contributed by atoms with van der Waals surface area (Å²) in [5.74, 6) is 0.525. The van der Waals surface area contributed by atoms with E-state index in [1.54, 1.807) is 0 Å². The van der Waals surface area contributed by atoms with Crippen LogP contribution in [0.3, 0.4) is 0 Å². The van der Waals surface area contributed by atoms with Crippen molar-refractivity contribution in [3.8, 4) is 0 Å². The summed E-state index contributed by atoms with van der Waals surface area (Å²) < 4.78 is 12.3. The molecule has 94 valence electrons. The Bertz CT molecular complexity index is 399. The second kappa shape index (κ2) is 5.32. The monoisotopic (exact) mass is 251 g/mol. The molecule has 17 heavy (non-hydrogen) atoms. The average Bonchev–Trinajstić information content (AvgIpc) is 2.75. The molecule has 0 bridgehead atoms. The third-order valence-electron chi connectivity index (χ3n) is 3.51. The van der Waals surface area contributed by atoms with Crippen LogP contribution in [0.2, 0.25) is 0 Å². The van der Waals surface area contributed by atoms with Crippen molar-refractivity contribution >= 4 is 10.8 Å². The van der Waals surface area contributed by atoms with Crippen LogP contribution in [0.15, 0.2) is 29.2 Å². The van der Waals surface area contributed by atoms with E-state index in [4.69, 9.17) is 5.73 Å². The van der Waals surface area contributed by atoms with Gasteiger partial charge in [-0.3, -0.25) is 4.21 Å². The van der Waals surface area contributed by atoms with Crippen LogP contribution in [0.1, 0.15) is 44.6 Å². The molecule has 2 rings (SSSR count). The van der Waals surface area contributed by atoms with Gasteiger partial charge in [0.1, 0.15) is 0 Å². The number of rotatable bonds is 3. The summed E-state index contributed by atoms with van der Waals surface area (Å²) in [6, 6.07) is 8.45. The van der Waals surface area contributed by atoms with E-state index >= 15 is 0 Å². The Morgan fingerprint density at radius 3 is 2.35 bits per heavy atom. The SMILES string of the molecule is CC(C)c1ccc(S(=O)C2CCC(N)C2)cc1. The van der Waals surface area contributed by atoms with Crippen LogP contribution >= 0.6 is 0 Å². The van der Waals surface area contributed by atoms with E-state index < -0.39 is 10.8 Å². The molecule has 0 aliphatic heterocycles. The van der Waals surface area contributed by atoms with E-state index in [1.807, 2.05) is 12.1 Å². The molecule has 1 aliphatic rings. The molecule has 1 aliphatic carbocycles. The number of hydrogen-bond donors (Lipinski definition) is 1. The molecule has 0 radical (unpaired) electrons. The molecule has 1 aromatic rings. The van der Waals surface area contributed by atoms with Gasteiger partial charge in [-0.05, 0) is 42.9 Å². The highest BCUT2D eigenvalue weighted by Gasteiger charge is 2.27. The van der Waals surface area contributed by atoms with Gasteiger partial charge in [0.05, 0.1) is 10.8 Å². The molecule has 0 spiro atoms. The Morgan fingerprint density at radius 2 is 1.88 bits per heavy atom. The average molecular weight is 251 g/mol. The standard InChI is InChI=1S/C14H21NOS/c1-10(2)11-3-6-13(7-4-11)17(16)14-8-5-12(15)9-14/h3-4,6-7,10,12,14H,5,8-9,15H2,1-2H3. The van der Waals surface area contributed by atoms with Crippen molar-refractivity contribution in [2.45, 2.75) is 55.2 Å². The lowest BCUT2D eigenvalue weighted by atomic mass is 10.0. The van der Waals surface area contributed by atoms with Crippen LogP contribution in [0, 0.1) is 0 Å². The van der Waals surface area contributed by atoms with E-state index in [1.165, 1.54) is 5.56 Å². The largest absolute Gasteiger partial charge is 0.328 e. The first-order chi connectivity index (χ1) is 8.08. The zero-order valence-corrected chi connectivity index (χ0v) is 11.4. The molecule has 2 nitrogen and oxygen atoms in total. The molecular formula is C14H21NOS. The number of nitrogens with two attached hydrogens (primary N) is 1. The molecule has 1 saturated carbocycles. The minimum atomic E-state index is -0.881. The highest BCUT2D eigenvalue weighted by molar-refractivity contribution is 7.85. The Morgan fingerprint density at radius 1 is 1.24 bits per heavy atom. The summed E-state index contributed by atoms with van der Waals surface area (Å²) in [5, 5.41) is 0.259. The van der Waals surface area contributed by atoms with Gasteiger partial charge in [-0.25, -0.2) is 0 Å². The minimum absolute atomic E-state index is 0.249. The van der Waals surface area contributed by atoms with Crippen LogP contribution in [0.4, 0.5) is 0 Å². The Labute approximate surface area is 106 Å². The smallest absolute Gasteiger partial charge is 0.0561 e. The molecule has 3 unspecified atom stereocenters. The predicted octanol–water partition coefficient (Wildman–Crippen LogP) is 2.80. The van der Waals surface area contributed by atoms with E-state index in [0.717, 1.165) is 24.2 Å².